The fraction of sp³-hybridized carbons (Fsp3) is 0.455. The Morgan fingerprint density at radius 3 is 2.85 bits per heavy atom. The molecule has 6 N–H and O–H groups in total. The lowest BCUT2D eigenvalue weighted by Crippen LogP contribution is -2.33. The predicted molar refractivity (Wildman–Crippen MR) is 72.3 cm³/mol. The smallest absolute Gasteiger partial charge is 0.165 e. The number of rotatable bonds is 2. The molecule has 1 aliphatic rings. The van der Waals surface area contributed by atoms with Gasteiger partial charge in [0.2, 0.25) is 0 Å². The van der Waals surface area contributed by atoms with Crippen LogP contribution in [0.4, 0.5) is 5.82 Å². The van der Waals surface area contributed by atoms with E-state index in [0.29, 0.717) is 21.5 Å². The van der Waals surface area contributed by atoms with Gasteiger partial charge in [-0.3, -0.25) is 4.57 Å². The van der Waals surface area contributed by atoms with E-state index in [0.717, 1.165) is 0 Å². The maximum atomic E-state index is 10.0. The topological polar surface area (TPSA) is 130 Å². The molecule has 1 fully saturated rings. The summed E-state index contributed by atoms with van der Waals surface area (Å²) in [5.41, 5.74) is 6.72. The Morgan fingerprint density at radius 2 is 2.20 bits per heavy atom. The van der Waals surface area contributed by atoms with E-state index in [1.165, 1.54) is 10.9 Å². The van der Waals surface area contributed by atoms with Gasteiger partial charge in [-0.25, -0.2) is 4.98 Å². The molecule has 9 heteroatoms. The van der Waals surface area contributed by atoms with Crippen LogP contribution in [0.15, 0.2) is 12.4 Å². The first-order valence-electron chi connectivity index (χ1n) is 6.00. The van der Waals surface area contributed by atoms with Gasteiger partial charge in [-0.2, -0.15) is 0 Å². The summed E-state index contributed by atoms with van der Waals surface area (Å²) in [5.74, 6) is 0.357. The molecule has 8 nitrogen and oxygen atoms in total. The van der Waals surface area contributed by atoms with E-state index < -0.39 is 24.5 Å². The van der Waals surface area contributed by atoms with Gasteiger partial charge in [0.25, 0.3) is 0 Å². The molecule has 0 unspecified atom stereocenters. The number of aromatic nitrogens is 3. The average Bonchev–Trinajstić information content (AvgIpc) is 2.93. The Morgan fingerprint density at radius 1 is 1.45 bits per heavy atom. The minimum absolute atomic E-state index is 0.357. The van der Waals surface area contributed by atoms with E-state index in [4.69, 9.17) is 27.8 Å². The minimum Gasteiger partial charge on any atom is -0.394 e. The summed E-state index contributed by atoms with van der Waals surface area (Å²) < 4.78 is 7.42. The highest BCUT2D eigenvalue weighted by Gasteiger charge is 2.43. The van der Waals surface area contributed by atoms with E-state index in [1.54, 1.807) is 6.07 Å². The number of nitrogens with one attached hydrogen (secondary N) is 1. The van der Waals surface area contributed by atoms with Crippen molar-refractivity contribution in [2.75, 3.05) is 12.3 Å². The number of aliphatic hydroxyl groups is 3. The Labute approximate surface area is 118 Å². The zero-order chi connectivity index (χ0) is 14.4. The van der Waals surface area contributed by atoms with Gasteiger partial charge in [-0.15, -0.1) is 0 Å². The Balaban J connectivity index is 2.09. The van der Waals surface area contributed by atoms with Crippen molar-refractivity contribution in [2.24, 2.45) is 0 Å². The summed E-state index contributed by atoms with van der Waals surface area (Å²) in [7, 11) is 0. The van der Waals surface area contributed by atoms with Crippen molar-refractivity contribution in [1.82, 2.24) is 14.5 Å². The molecule has 0 radical (unpaired) electrons. The van der Waals surface area contributed by atoms with Gasteiger partial charge in [0.15, 0.2) is 6.23 Å². The number of anilines is 1. The van der Waals surface area contributed by atoms with Gasteiger partial charge in [0.1, 0.15) is 35.3 Å². The van der Waals surface area contributed by atoms with Gasteiger partial charge in [0, 0.05) is 0 Å². The molecule has 0 saturated carbocycles. The lowest BCUT2D eigenvalue weighted by atomic mass is 10.1. The summed E-state index contributed by atoms with van der Waals surface area (Å²) in [5, 5.41) is 28.9. The first kappa shape index (κ1) is 13.5. The molecule has 3 heterocycles. The fourth-order valence-corrected chi connectivity index (χ4v) is 2.63. The highest BCUT2D eigenvalue weighted by Crippen LogP contribution is 2.31. The van der Waals surface area contributed by atoms with Crippen molar-refractivity contribution >= 4 is 29.2 Å². The van der Waals surface area contributed by atoms with Crippen molar-refractivity contribution < 1.29 is 20.1 Å². The number of ether oxygens (including phenoxy) is 1. The number of nitrogens with zero attached hydrogens (tertiary/aromatic N) is 2. The first-order chi connectivity index (χ1) is 9.52. The van der Waals surface area contributed by atoms with Crippen LogP contribution >= 0.6 is 12.2 Å². The Bertz CT molecular complexity index is 699. The zero-order valence-electron chi connectivity index (χ0n) is 10.3. The zero-order valence-corrected chi connectivity index (χ0v) is 11.1. The Hall–Kier alpha value is -1.52. The second kappa shape index (κ2) is 4.79. The van der Waals surface area contributed by atoms with Crippen LogP contribution in [0.25, 0.3) is 11.2 Å². The molecule has 2 aromatic rings. The molecule has 1 saturated heterocycles. The average molecular weight is 298 g/mol. The fourth-order valence-electron chi connectivity index (χ4n) is 2.35. The Kier molecular flexibility index (Phi) is 3.22. The third-order valence-electron chi connectivity index (χ3n) is 3.37. The van der Waals surface area contributed by atoms with Gasteiger partial charge >= 0.3 is 0 Å². The molecule has 0 amide bonds. The molecule has 1 aliphatic heterocycles. The number of hydrogen-bond donors (Lipinski definition) is 5. The van der Waals surface area contributed by atoms with Crippen molar-refractivity contribution in [1.29, 1.82) is 0 Å². The summed E-state index contributed by atoms with van der Waals surface area (Å²) in [4.78, 5) is 7.05. The van der Waals surface area contributed by atoms with Gasteiger partial charge in [-0.05, 0) is 6.07 Å². The molecule has 20 heavy (non-hydrogen) atoms. The number of pyridine rings is 1. The van der Waals surface area contributed by atoms with Crippen molar-refractivity contribution in [2.45, 2.75) is 24.5 Å². The van der Waals surface area contributed by atoms with Crippen LogP contribution in [0.3, 0.4) is 0 Å². The summed E-state index contributed by atoms with van der Waals surface area (Å²) >= 11 is 5.16. The largest absolute Gasteiger partial charge is 0.394 e. The maximum Gasteiger partial charge on any atom is 0.165 e. The molecule has 3 rings (SSSR count). The van der Waals surface area contributed by atoms with E-state index in [1.807, 2.05) is 0 Å². The van der Waals surface area contributed by atoms with E-state index in [9.17, 15) is 10.2 Å². The summed E-state index contributed by atoms with van der Waals surface area (Å²) in [6.45, 7) is -0.389. The number of hydrogen-bond acceptors (Lipinski definition) is 7. The molecule has 0 aromatic carbocycles. The molecule has 108 valence electrons. The summed E-state index contributed by atoms with van der Waals surface area (Å²) in [6, 6.07) is 1.58. The molecule has 4 atom stereocenters. The lowest BCUT2D eigenvalue weighted by molar-refractivity contribution is -0.0511. The highest BCUT2D eigenvalue weighted by molar-refractivity contribution is 7.71. The van der Waals surface area contributed by atoms with Crippen LogP contribution in [-0.2, 0) is 4.74 Å². The molecule has 0 bridgehead atoms. The third kappa shape index (κ3) is 1.91. The van der Waals surface area contributed by atoms with Gasteiger partial charge in [-0.1, -0.05) is 12.2 Å². The quantitative estimate of drug-likeness (QED) is 0.463. The van der Waals surface area contributed by atoms with Crippen molar-refractivity contribution in [3.05, 3.63) is 16.9 Å². The predicted octanol–water partition coefficient (Wildman–Crippen LogP) is -0.712. The van der Waals surface area contributed by atoms with Crippen LogP contribution in [-0.4, -0.2) is 54.8 Å². The number of nitrogens with two attached hydrogens (primary N) is 1. The highest BCUT2D eigenvalue weighted by atomic mass is 32.1. The van der Waals surface area contributed by atoms with E-state index >= 15 is 0 Å². The number of aromatic amines is 1. The molecule has 0 spiro atoms. The summed E-state index contributed by atoms with van der Waals surface area (Å²) in [6.07, 6.45) is -2.65. The van der Waals surface area contributed by atoms with Gasteiger partial charge in [0.05, 0.1) is 17.4 Å². The van der Waals surface area contributed by atoms with Crippen LogP contribution in [0, 0.1) is 4.51 Å². The number of aliphatic hydroxyl groups excluding tert-OH is 3. The molecular formula is C11H14N4O4S. The molecular weight excluding hydrogens is 284 g/mol. The normalized spacial score (nSPS) is 30.1. The van der Waals surface area contributed by atoms with Crippen LogP contribution < -0.4 is 5.73 Å². The number of H-pyrrole nitrogens is 1. The van der Waals surface area contributed by atoms with Crippen molar-refractivity contribution in [3.63, 3.8) is 0 Å². The van der Waals surface area contributed by atoms with Crippen LogP contribution in [0.2, 0.25) is 0 Å². The molecule has 2 aromatic heterocycles. The number of imidazole rings is 1. The number of nitrogen functional groups attached to an aromatic ring is 1. The van der Waals surface area contributed by atoms with Crippen LogP contribution in [0.5, 0.6) is 0 Å². The third-order valence-corrected chi connectivity index (χ3v) is 3.68. The van der Waals surface area contributed by atoms with E-state index in [2.05, 4.69) is 9.97 Å². The maximum absolute atomic E-state index is 10.0. The monoisotopic (exact) mass is 298 g/mol. The minimum atomic E-state index is -1.19. The van der Waals surface area contributed by atoms with Gasteiger partial charge < -0.3 is 30.8 Å². The number of fused-ring (bicyclic) bond motifs is 1. The first-order valence-corrected chi connectivity index (χ1v) is 6.41. The van der Waals surface area contributed by atoms with Crippen LogP contribution in [0.1, 0.15) is 6.23 Å². The van der Waals surface area contributed by atoms with Crippen molar-refractivity contribution in [3.8, 4) is 0 Å². The SMILES string of the molecule is Nc1cc(=S)c2ncn([C@@H]3O[C@H](CO)[C@@H](O)[C@H]3O)c2[nH]1. The molecule has 0 aliphatic carbocycles. The second-order valence-corrected chi connectivity index (χ2v) is 5.11. The second-order valence-electron chi connectivity index (χ2n) is 4.67. The van der Waals surface area contributed by atoms with E-state index in [-0.39, 0.29) is 6.61 Å². The standard InChI is InChI=1S/C11H14N4O4S/c12-6-1-5(20)7-10(14-6)15(3-13-7)11-9(18)8(17)4(2-16)19-11/h1,3-4,8-9,11,16-18H,2H2,(H3,12,14,20)/t4-,8-,9-,11-/m1/s1. The lowest BCUT2D eigenvalue weighted by Gasteiger charge is -2.16.